The number of amides is 1. The first-order valence-electron chi connectivity index (χ1n) is 4.10. The van der Waals surface area contributed by atoms with Crippen LogP contribution in [0.1, 0.15) is 20.3 Å². The maximum atomic E-state index is 10.9. The molecule has 0 aliphatic carbocycles. The molecule has 0 spiro atoms. The molecule has 1 aliphatic heterocycles. The molecule has 74 valence electrons. The molecule has 5 nitrogen and oxygen atoms in total. The molecule has 0 bridgehead atoms. The molecule has 0 radical (unpaired) electrons. The molecule has 2 unspecified atom stereocenters. The molecule has 1 saturated heterocycles. The Morgan fingerprint density at radius 1 is 1.62 bits per heavy atom. The number of ether oxygens (including phenoxy) is 1. The lowest BCUT2D eigenvalue weighted by Crippen LogP contribution is -2.54. The number of nitrogens with one attached hydrogen (secondary N) is 1. The van der Waals surface area contributed by atoms with Gasteiger partial charge in [-0.3, -0.25) is 4.79 Å². The van der Waals surface area contributed by atoms with Crippen LogP contribution in [-0.4, -0.2) is 35.2 Å². The van der Waals surface area contributed by atoms with Crippen LogP contribution in [0.4, 0.5) is 0 Å². The monoisotopic (exact) mass is 187 g/mol. The fraction of sp³-hybridized carbons (Fsp3) is 0.750. The third-order valence-corrected chi connectivity index (χ3v) is 2.07. The summed E-state index contributed by atoms with van der Waals surface area (Å²) in [5, 5.41) is 11.4. The van der Waals surface area contributed by atoms with Gasteiger partial charge in [-0.1, -0.05) is 0 Å². The van der Waals surface area contributed by atoms with E-state index in [-0.39, 0.29) is 18.6 Å². The summed E-state index contributed by atoms with van der Waals surface area (Å²) in [5.74, 6) is -1.38. The summed E-state index contributed by atoms with van der Waals surface area (Å²) in [4.78, 5) is 21.7. The fourth-order valence-electron chi connectivity index (χ4n) is 1.52. The molecule has 1 heterocycles. The van der Waals surface area contributed by atoms with E-state index in [1.165, 1.54) is 6.92 Å². The van der Waals surface area contributed by atoms with Crippen LogP contribution >= 0.6 is 0 Å². The van der Waals surface area contributed by atoms with Gasteiger partial charge in [0.2, 0.25) is 5.91 Å². The molecular formula is C8H13NO4. The standard InChI is InChI=1S/C8H13NO4/c1-5-3-8(4-13-5,7(11)12)9-6(2)10/h5H,3-4H2,1-2H3,(H,9,10)(H,11,12). The van der Waals surface area contributed by atoms with Gasteiger partial charge >= 0.3 is 5.97 Å². The molecule has 1 amide bonds. The Labute approximate surface area is 76.1 Å². The van der Waals surface area contributed by atoms with Crippen LogP contribution in [-0.2, 0) is 14.3 Å². The normalized spacial score (nSPS) is 32.9. The van der Waals surface area contributed by atoms with E-state index in [1.807, 2.05) is 0 Å². The molecule has 1 fully saturated rings. The number of hydrogen-bond acceptors (Lipinski definition) is 3. The quantitative estimate of drug-likeness (QED) is 0.625. The SMILES string of the molecule is CC(=O)NC1(C(=O)O)COC(C)C1. The first-order chi connectivity index (χ1) is 5.96. The highest BCUT2D eigenvalue weighted by Gasteiger charge is 2.46. The summed E-state index contributed by atoms with van der Waals surface area (Å²) in [5.41, 5.74) is -1.22. The van der Waals surface area contributed by atoms with Gasteiger partial charge in [-0.15, -0.1) is 0 Å². The molecular weight excluding hydrogens is 174 g/mol. The van der Waals surface area contributed by atoms with E-state index in [4.69, 9.17) is 9.84 Å². The summed E-state index contributed by atoms with van der Waals surface area (Å²) < 4.78 is 5.14. The molecule has 0 saturated carbocycles. The zero-order chi connectivity index (χ0) is 10.1. The van der Waals surface area contributed by atoms with Gasteiger partial charge < -0.3 is 15.2 Å². The minimum absolute atomic E-state index is 0.0447. The Bertz CT molecular complexity index is 240. The van der Waals surface area contributed by atoms with Crippen LogP contribution in [0.25, 0.3) is 0 Å². The van der Waals surface area contributed by atoms with Gasteiger partial charge in [0.15, 0.2) is 5.54 Å². The summed E-state index contributed by atoms with van der Waals surface area (Å²) in [7, 11) is 0. The maximum absolute atomic E-state index is 10.9. The molecule has 2 N–H and O–H groups in total. The number of rotatable bonds is 2. The van der Waals surface area contributed by atoms with Crippen molar-refractivity contribution in [2.24, 2.45) is 0 Å². The van der Waals surface area contributed by atoms with Crippen molar-refractivity contribution in [3.8, 4) is 0 Å². The Morgan fingerprint density at radius 2 is 2.23 bits per heavy atom. The predicted octanol–water partition coefficient (Wildman–Crippen LogP) is -0.245. The number of carboxylic acid groups (broad SMARTS) is 1. The van der Waals surface area contributed by atoms with Crippen LogP contribution in [0.2, 0.25) is 0 Å². The molecule has 1 rings (SSSR count). The average molecular weight is 187 g/mol. The highest BCUT2D eigenvalue weighted by atomic mass is 16.5. The topological polar surface area (TPSA) is 75.6 Å². The predicted molar refractivity (Wildman–Crippen MR) is 44.2 cm³/mol. The van der Waals surface area contributed by atoms with E-state index in [2.05, 4.69) is 5.32 Å². The van der Waals surface area contributed by atoms with Crippen molar-refractivity contribution in [3.63, 3.8) is 0 Å². The smallest absolute Gasteiger partial charge is 0.331 e. The summed E-state index contributed by atoms with van der Waals surface area (Å²) in [6.45, 7) is 3.13. The van der Waals surface area contributed by atoms with E-state index >= 15 is 0 Å². The Morgan fingerprint density at radius 3 is 2.54 bits per heavy atom. The van der Waals surface area contributed by atoms with Gasteiger partial charge in [0.05, 0.1) is 12.7 Å². The molecule has 13 heavy (non-hydrogen) atoms. The van der Waals surface area contributed by atoms with Crippen molar-refractivity contribution < 1.29 is 19.4 Å². The Kier molecular flexibility index (Phi) is 2.56. The lowest BCUT2D eigenvalue weighted by molar-refractivity contribution is -0.147. The van der Waals surface area contributed by atoms with Gasteiger partial charge in [-0.05, 0) is 6.92 Å². The Hall–Kier alpha value is -1.10. The van der Waals surface area contributed by atoms with Crippen molar-refractivity contribution in [1.82, 2.24) is 5.32 Å². The van der Waals surface area contributed by atoms with Gasteiger partial charge in [0.25, 0.3) is 0 Å². The van der Waals surface area contributed by atoms with Crippen LogP contribution in [0.5, 0.6) is 0 Å². The zero-order valence-electron chi connectivity index (χ0n) is 7.66. The third-order valence-electron chi connectivity index (χ3n) is 2.07. The number of carbonyl (C=O) groups excluding carboxylic acids is 1. The summed E-state index contributed by atoms with van der Waals surface area (Å²) in [6.07, 6.45) is 0.199. The van der Waals surface area contributed by atoms with Crippen LogP contribution in [0, 0.1) is 0 Å². The average Bonchev–Trinajstić information content (AvgIpc) is 2.31. The third kappa shape index (κ3) is 1.98. The largest absolute Gasteiger partial charge is 0.479 e. The fourth-order valence-corrected chi connectivity index (χ4v) is 1.52. The molecule has 1 aliphatic rings. The van der Waals surface area contributed by atoms with Crippen molar-refractivity contribution in [1.29, 1.82) is 0 Å². The van der Waals surface area contributed by atoms with Crippen molar-refractivity contribution in [2.45, 2.75) is 31.9 Å². The first-order valence-corrected chi connectivity index (χ1v) is 4.10. The lowest BCUT2D eigenvalue weighted by atomic mass is 9.96. The van der Waals surface area contributed by atoms with Gasteiger partial charge in [-0.2, -0.15) is 0 Å². The molecule has 0 aromatic carbocycles. The minimum atomic E-state index is -1.22. The van der Waals surface area contributed by atoms with Crippen molar-refractivity contribution in [2.75, 3.05) is 6.61 Å². The summed E-state index contributed by atoms with van der Waals surface area (Å²) >= 11 is 0. The van der Waals surface area contributed by atoms with Crippen LogP contribution < -0.4 is 5.32 Å². The number of carboxylic acids is 1. The van der Waals surface area contributed by atoms with Crippen molar-refractivity contribution in [3.05, 3.63) is 0 Å². The van der Waals surface area contributed by atoms with Crippen LogP contribution in [0.3, 0.4) is 0 Å². The van der Waals surface area contributed by atoms with E-state index in [1.54, 1.807) is 6.92 Å². The maximum Gasteiger partial charge on any atom is 0.331 e. The van der Waals surface area contributed by atoms with Gasteiger partial charge in [-0.25, -0.2) is 4.79 Å². The molecule has 5 heteroatoms. The van der Waals surface area contributed by atoms with Crippen LogP contribution in [0.15, 0.2) is 0 Å². The van der Waals surface area contributed by atoms with E-state index in [0.717, 1.165) is 0 Å². The van der Waals surface area contributed by atoms with E-state index in [0.29, 0.717) is 6.42 Å². The lowest BCUT2D eigenvalue weighted by Gasteiger charge is -2.22. The second-order valence-electron chi connectivity index (χ2n) is 3.39. The Balaban J connectivity index is 2.77. The highest BCUT2D eigenvalue weighted by Crippen LogP contribution is 2.24. The zero-order valence-corrected chi connectivity index (χ0v) is 7.66. The van der Waals surface area contributed by atoms with Crippen molar-refractivity contribution >= 4 is 11.9 Å². The van der Waals surface area contributed by atoms with Gasteiger partial charge in [0.1, 0.15) is 0 Å². The van der Waals surface area contributed by atoms with E-state index < -0.39 is 11.5 Å². The number of carbonyl (C=O) groups is 2. The second kappa shape index (κ2) is 3.33. The van der Waals surface area contributed by atoms with Gasteiger partial charge in [0, 0.05) is 13.3 Å². The summed E-state index contributed by atoms with van der Waals surface area (Å²) in [6, 6.07) is 0. The molecule has 0 aromatic heterocycles. The molecule has 0 aromatic rings. The second-order valence-corrected chi connectivity index (χ2v) is 3.39. The minimum Gasteiger partial charge on any atom is -0.479 e. The highest BCUT2D eigenvalue weighted by molar-refractivity contribution is 5.86. The number of hydrogen-bond donors (Lipinski definition) is 2. The molecule has 2 atom stereocenters. The first kappa shape index (κ1) is 9.98. The number of aliphatic carboxylic acids is 1. The van der Waals surface area contributed by atoms with E-state index in [9.17, 15) is 9.59 Å².